The molecule has 2 atom stereocenters. The van der Waals surface area contributed by atoms with Gasteiger partial charge in [0.1, 0.15) is 12.4 Å². The average molecular weight is 291 g/mol. The van der Waals surface area contributed by atoms with E-state index in [0.29, 0.717) is 30.8 Å². The smallest absolute Gasteiger partial charge is 0.119 e. The standard InChI is InChI=1S/C18H29NO2/c1-4-12-19-17-16(10-11-18(17,2)3)21-14-13-20-15-8-6-5-7-9-15/h5-9,16-17,19H,4,10-14H2,1-3H3. The number of nitrogens with one attached hydrogen (secondary N) is 1. The Bertz CT molecular complexity index is 405. The summed E-state index contributed by atoms with van der Waals surface area (Å²) in [6.45, 7) is 9.21. The highest BCUT2D eigenvalue weighted by Gasteiger charge is 2.41. The molecule has 0 heterocycles. The lowest BCUT2D eigenvalue weighted by atomic mass is 9.87. The zero-order valence-corrected chi connectivity index (χ0v) is 13.6. The van der Waals surface area contributed by atoms with Gasteiger partial charge in [-0.25, -0.2) is 0 Å². The Morgan fingerprint density at radius 2 is 1.95 bits per heavy atom. The molecule has 1 aliphatic rings. The minimum absolute atomic E-state index is 0.311. The fourth-order valence-electron chi connectivity index (χ4n) is 3.10. The molecule has 1 aromatic carbocycles. The Balaban J connectivity index is 1.74. The Labute approximate surface area is 129 Å². The van der Waals surface area contributed by atoms with Crippen LogP contribution in [0.5, 0.6) is 5.75 Å². The van der Waals surface area contributed by atoms with Crippen LogP contribution in [0.3, 0.4) is 0 Å². The van der Waals surface area contributed by atoms with E-state index in [2.05, 4.69) is 26.1 Å². The predicted molar refractivity (Wildman–Crippen MR) is 86.8 cm³/mol. The van der Waals surface area contributed by atoms with Crippen LogP contribution in [0, 0.1) is 5.41 Å². The van der Waals surface area contributed by atoms with Crippen molar-refractivity contribution in [2.24, 2.45) is 5.41 Å². The third-order valence-corrected chi connectivity index (χ3v) is 4.33. The van der Waals surface area contributed by atoms with Crippen LogP contribution in [-0.4, -0.2) is 31.9 Å². The van der Waals surface area contributed by atoms with Gasteiger partial charge in [0.15, 0.2) is 0 Å². The van der Waals surface area contributed by atoms with Crippen molar-refractivity contribution >= 4 is 0 Å². The molecule has 0 bridgehead atoms. The Kier molecular flexibility index (Phi) is 6.07. The van der Waals surface area contributed by atoms with Crippen LogP contribution in [0.2, 0.25) is 0 Å². The van der Waals surface area contributed by atoms with Crippen LogP contribution in [0.4, 0.5) is 0 Å². The van der Waals surface area contributed by atoms with E-state index in [1.807, 2.05) is 30.3 Å². The lowest BCUT2D eigenvalue weighted by Gasteiger charge is -2.31. The van der Waals surface area contributed by atoms with E-state index in [1.165, 1.54) is 6.42 Å². The monoisotopic (exact) mass is 291 g/mol. The van der Waals surface area contributed by atoms with Crippen molar-refractivity contribution < 1.29 is 9.47 Å². The van der Waals surface area contributed by atoms with Crippen molar-refractivity contribution in [2.45, 2.75) is 52.2 Å². The number of hydrogen-bond acceptors (Lipinski definition) is 3. The van der Waals surface area contributed by atoms with E-state index in [0.717, 1.165) is 25.1 Å². The van der Waals surface area contributed by atoms with Gasteiger partial charge >= 0.3 is 0 Å². The summed E-state index contributed by atoms with van der Waals surface area (Å²) in [6, 6.07) is 10.4. The van der Waals surface area contributed by atoms with Crippen LogP contribution in [0.15, 0.2) is 30.3 Å². The molecule has 118 valence electrons. The van der Waals surface area contributed by atoms with Gasteiger partial charge in [-0.3, -0.25) is 0 Å². The molecule has 1 aliphatic carbocycles. The second-order valence-electron chi connectivity index (χ2n) is 6.53. The third kappa shape index (κ3) is 4.72. The second-order valence-corrected chi connectivity index (χ2v) is 6.53. The zero-order valence-electron chi connectivity index (χ0n) is 13.6. The van der Waals surface area contributed by atoms with Gasteiger partial charge in [0.25, 0.3) is 0 Å². The summed E-state index contributed by atoms with van der Waals surface area (Å²) in [5.41, 5.74) is 0.320. The molecule has 3 heteroatoms. The SMILES string of the molecule is CCCNC1C(OCCOc2ccccc2)CCC1(C)C. The van der Waals surface area contributed by atoms with Crippen molar-refractivity contribution in [3.05, 3.63) is 30.3 Å². The number of ether oxygens (including phenoxy) is 2. The lowest BCUT2D eigenvalue weighted by Crippen LogP contribution is -2.46. The molecule has 2 rings (SSSR count). The fraction of sp³-hybridized carbons (Fsp3) is 0.667. The minimum Gasteiger partial charge on any atom is -0.491 e. The fourth-order valence-corrected chi connectivity index (χ4v) is 3.10. The van der Waals surface area contributed by atoms with Crippen LogP contribution in [0.1, 0.15) is 40.0 Å². The number of benzene rings is 1. The maximum atomic E-state index is 6.08. The number of hydrogen-bond donors (Lipinski definition) is 1. The zero-order chi connectivity index (χ0) is 15.1. The molecule has 1 fully saturated rings. The summed E-state index contributed by atoms with van der Waals surface area (Å²) in [7, 11) is 0. The van der Waals surface area contributed by atoms with E-state index >= 15 is 0 Å². The number of rotatable bonds is 8. The van der Waals surface area contributed by atoms with Gasteiger partial charge < -0.3 is 14.8 Å². The quantitative estimate of drug-likeness (QED) is 0.742. The molecule has 0 radical (unpaired) electrons. The first-order valence-corrected chi connectivity index (χ1v) is 8.16. The maximum absolute atomic E-state index is 6.08. The first-order chi connectivity index (χ1) is 10.1. The van der Waals surface area contributed by atoms with Crippen LogP contribution < -0.4 is 10.1 Å². The molecule has 0 aliphatic heterocycles. The van der Waals surface area contributed by atoms with Crippen LogP contribution in [-0.2, 0) is 4.74 Å². The van der Waals surface area contributed by atoms with Crippen molar-refractivity contribution in [1.82, 2.24) is 5.32 Å². The number of para-hydroxylation sites is 1. The van der Waals surface area contributed by atoms with E-state index in [-0.39, 0.29) is 0 Å². The predicted octanol–water partition coefficient (Wildman–Crippen LogP) is 3.64. The van der Waals surface area contributed by atoms with Gasteiger partial charge in [-0.2, -0.15) is 0 Å². The van der Waals surface area contributed by atoms with Gasteiger partial charge in [-0.05, 0) is 43.4 Å². The van der Waals surface area contributed by atoms with Crippen molar-refractivity contribution in [3.8, 4) is 5.75 Å². The van der Waals surface area contributed by atoms with Crippen LogP contribution in [0.25, 0.3) is 0 Å². The summed E-state index contributed by atoms with van der Waals surface area (Å²) >= 11 is 0. The summed E-state index contributed by atoms with van der Waals surface area (Å²) in [5, 5.41) is 3.66. The topological polar surface area (TPSA) is 30.5 Å². The Hall–Kier alpha value is -1.06. The molecule has 2 unspecified atom stereocenters. The molecule has 1 aromatic rings. The van der Waals surface area contributed by atoms with Crippen LogP contribution >= 0.6 is 0 Å². The maximum Gasteiger partial charge on any atom is 0.119 e. The molecular formula is C18H29NO2. The van der Waals surface area contributed by atoms with Gasteiger partial charge in [-0.1, -0.05) is 39.0 Å². The molecule has 0 amide bonds. The second kappa shape index (κ2) is 7.81. The van der Waals surface area contributed by atoms with E-state index < -0.39 is 0 Å². The van der Waals surface area contributed by atoms with E-state index in [9.17, 15) is 0 Å². The first-order valence-electron chi connectivity index (χ1n) is 8.16. The van der Waals surface area contributed by atoms with E-state index in [1.54, 1.807) is 0 Å². The summed E-state index contributed by atoms with van der Waals surface area (Å²) in [6.07, 6.45) is 3.83. The highest BCUT2D eigenvalue weighted by molar-refractivity contribution is 5.20. The summed E-state index contributed by atoms with van der Waals surface area (Å²) in [5.74, 6) is 0.911. The molecule has 3 nitrogen and oxygen atoms in total. The normalized spacial score (nSPS) is 24.1. The Morgan fingerprint density at radius 3 is 2.67 bits per heavy atom. The van der Waals surface area contributed by atoms with Gasteiger partial charge in [0, 0.05) is 6.04 Å². The van der Waals surface area contributed by atoms with Crippen molar-refractivity contribution in [1.29, 1.82) is 0 Å². The van der Waals surface area contributed by atoms with E-state index in [4.69, 9.17) is 9.47 Å². The average Bonchev–Trinajstić information content (AvgIpc) is 2.77. The first kappa shape index (κ1) is 16.3. The largest absolute Gasteiger partial charge is 0.491 e. The molecule has 0 spiro atoms. The van der Waals surface area contributed by atoms with Gasteiger partial charge in [0.2, 0.25) is 0 Å². The molecule has 1 saturated carbocycles. The molecule has 1 N–H and O–H groups in total. The van der Waals surface area contributed by atoms with Gasteiger partial charge in [-0.15, -0.1) is 0 Å². The molecule has 0 saturated heterocycles. The molecular weight excluding hydrogens is 262 g/mol. The summed E-state index contributed by atoms with van der Waals surface area (Å²) in [4.78, 5) is 0. The molecule has 21 heavy (non-hydrogen) atoms. The summed E-state index contributed by atoms with van der Waals surface area (Å²) < 4.78 is 11.8. The molecule has 0 aromatic heterocycles. The Morgan fingerprint density at radius 1 is 1.19 bits per heavy atom. The van der Waals surface area contributed by atoms with Crippen molar-refractivity contribution in [3.63, 3.8) is 0 Å². The highest BCUT2D eigenvalue weighted by atomic mass is 16.5. The van der Waals surface area contributed by atoms with Crippen molar-refractivity contribution in [2.75, 3.05) is 19.8 Å². The lowest BCUT2D eigenvalue weighted by molar-refractivity contribution is 0.0119. The highest BCUT2D eigenvalue weighted by Crippen LogP contribution is 2.39. The third-order valence-electron chi connectivity index (χ3n) is 4.33. The minimum atomic E-state index is 0.311. The van der Waals surface area contributed by atoms with Gasteiger partial charge in [0.05, 0.1) is 12.7 Å².